The van der Waals surface area contributed by atoms with Crippen molar-refractivity contribution in [2.45, 2.75) is 51.2 Å². The van der Waals surface area contributed by atoms with Crippen LogP contribution in [-0.4, -0.2) is 53.4 Å². The zero-order valence-corrected chi connectivity index (χ0v) is 11.4. The van der Waals surface area contributed by atoms with Gasteiger partial charge in [-0.25, -0.2) is 0 Å². The molecule has 2 rings (SSSR count). The van der Waals surface area contributed by atoms with Crippen LogP contribution >= 0.6 is 0 Å². The third-order valence-corrected chi connectivity index (χ3v) is 5.88. The lowest BCUT2D eigenvalue weighted by Gasteiger charge is -2.35. The smallest absolute Gasteiger partial charge is 0.282 e. The van der Waals surface area contributed by atoms with Gasteiger partial charge in [0.25, 0.3) is 10.2 Å². The molecule has 1 N–H and O–H groups in total. The Morgan fingerprint density at radius 3 is 2.53 bits per heavy atom. The summed E-state index contributed by atoms with van der Waals surface area (Å²) in [7, 11) is -3.38. The van der Waals surface area contributed by atoms with Gasteiger partial charge in [0, 0.05) is 25.7 Å². The van der Waals surface area contributed by atoms with E-state index < -0.39 is 15.8 Å². The van der Waals surface area contributed by atoms with Crippen molar-refractivity contribution in [1.82, 2.24) is 8.61 Å². The molecule has 2 unspecified atom stereocenters. The van der Waals surface area contributed by atoms with Crippen LogP contribution in [0, 0.1) is 0 Å². The summed E-state index contributed by atoms with van der Waals surface area (Å²) in [5, 5.41) is 9.87. The zero-order chi connectivity index (χ0) is 12.7. The number of hydrogen-bond acceptors (Lipinski definition) is 3. The molecule has 0 aromatic rings. The van der Waals surface area contributed by atoms with E-state index in [0.717, 1.165) is 19.3 Å². The van der Waals surface area contributed by atoms with Gasteiger partial charge in [0.15, 0.2) is 0 Å². The lowest BCUT2D eigenvalue weighted by Crippen LogP contribution is -2.49. The van der Waals surface area contributed by atoms with Gasteiger partial charge in [-0.1, -0.05) is 6.42 Å². The summed E-state index contributed by atoms with van der Waals surface area (Å²) in [4.78, 5) is 0. The van der Waals surface area contributed by atoms with Gasteiger partial charge in [0.05, 0.1) is 5.60 Å². The first kappa shape index (κ1) is 13.3. The number of piperidine rings is 1. The standard InChI is InChI=1S/C11H22N2O3S/c1-10-5-3-4-7-13(10)17(15,16)12-8-6-11(2,14)9-12/h10,14H,3-9H2,1-2H3. The van der Waals surface area contributed by atoms with E-state index in [-0.39, 0.29) is 12.6 Å². The molecule has 0 spiro atoms. The Morgan fingerprint density at radius 1 is 1.29 bits per heavy atom. The van der Waals surface area contributed by atoms with E-state index >= 15 is 0 Å². The van der Waals surface area contributed by atoms with Crippen molar-refractivity contribution in [3.8, 4) is 0 Å². The molecule has 0 aromatic carbocycles. The fourth-order valence-corrected chi connectivity index (χ4v) is 4.64. The van der Waals surface area contributed by atoms with Crippen LogP contribution in [0.4, 0.5) is 0 Å². The Balaban J connectivity index is 2.13. The maximum absolute atomic E-state index is 12.4. The molecule has 2 heterocycles. The molecule has 2 aliphatic heterocycles. The molecule has 5 nitrogen and oxygen atoms in total. The highest BCUT2D eigenvalue weighted by Crippen LogP contribution is 2.28. The van der Waals surface area contributed by atoms with Gasteiger partial charge in [0.2, 0.25) is 0 Å². The highest BCUT2D eigenvalue weighted by atomic mass is 32.2. The van der Waals surface area contributed by atoms with Crippen molar-refractivity contribution < 1.29 is 13.5 Å². The molecule has 0 saturated carbocycles. The largest absolute Gasteiger partial charge is 0.389 e. The Labute approximate surface area is 104 Å². The molecule has 17 heavy (non-hydrogen) atoms. The maximum atomic E-state index is 12.4. The Bertz CT molecular complexity index is 380. The number of rotatable bonds is 2. The normalized spacial score (nSPS) is 37.5. The van der Waals surface area contributed by atoms with Crippen LogP contribution in [0.25, 0.3) is 0 Å². The Morgan fingerprint density at radius 2 is 2.00 bits per heavy atom. The molecule has 6 heteroatoms. The summed E-state index contributed by atoms with van der Waals surface area (Å²) in [6.07, 6.45) is 3.50. The van der Waals surface area contributed by atoms with E-state index in [9.17, 15) is 13.5 Å². The van der Waals surface area contributed by atoms with Crippen LogP contribution in [0.5, 0.6) is 0 Å². The Kier molecular flexibility index (Phi) is 3.51. The molecule has 2 aliphatic rings. The maximum Gasteiger partial charge on any atom is 0.282 e. The number of hydrogen-bond donors (Lipinski definition) is 1. The van der Waals surface area contributed by atoms with Crippen molar-refractivity contribution in [2.24, 2.45) is 0 Å². The number of β-amino-alcohol motifs (C(OH)–C–C–N with tert-alkyl or cyclic N) is 1. The molecule has 2 fully saturated rings. The second-order valence-electron chi connectivity index (χ2n) is 5.54. The van der Waals surface area contributed by atoms with Gasteiger partial charge in [-0.2, -0.15) is 17.0 Å². The molecular weight excluding hydrogens is 240 g/mol. The quantitative estimate of drug-likeness (QED) is 0.791. The van der Waals surface area contributed by atoms with E-state index in [1.165, 1.54) is 4.31 Å². The summed E-state index contributed by atoms with van der Waals surface area (Å²) in [5.41, 5.74) is -0.869. The SMILES string of the molecule is CC1CCCCN1S(=O)(=O)N1CCC(C)(O)C1. The van der Waals surface area contributed by atoms with Gasteiger partial charge in [-0.3, -0.25) is 0 Å². The molecule has 2 atom stereocenters. The summed E-state index contributed by atoms with van der Waals surface area (Å²) >= 11 is 0. The predicted molar refractivity (Wildman–Crippen MR) is 65.8 cm³/mol. The molecule has 0 aromatic heterocycles. The summed E-state index contributed by atoms with van der Waals surface area (Å²) < 4.78 is 27.9. The van der Waals surface area contributed by atoms with E-state index in [4.69, 9.17) is 0 Å². The second-order valence-corrected chi connectivity index (χ2v) is 7.42. The highest BCUT2D eigenvalue weighted by Gasteiger charge is 2.42. The molecule has 2 saturated heterocycles. The van der Waals surface area contributed by atoms with Gasteiger partial charge in [-0.15, -0.1) is 0 Å². The zero-order valence-electron chi connectivity index (χ0n) is 10.6. The predicted octanol–water partition coefficient (Wildman–Crippen LogP) is 0.562. The van der Waals surface area contributed by atoms with Crippen molar-refractivity contribution in [3.63, 3.8) is 0 Å². The summed E-state index contributed by atoms with van der Waals surface area (Å²) in [6.45, 7) is 4.92. The van der Waals surface area contributed by atoms with Gasteiger partial charge < -0.3 is 5.11 Å². The third-order valence-electron chi connectivity index (χ3n) is 3.78. The lowest BCUT2D eigenvalue weighted by atomic mass is 10.1. The van der Waals surface area contributed by atoms with Crippen molar-refractivity contribution in [2.75, 3.05) is 19.6 Å². The second kappa shape index (κ2) is 4.50. The monoisotopic (exact) mass is 262 g/mol. The number of aliphatic hydroxyl groups is 1. The van der Waals surface area contributed by atoms with Crippen molar-refractivity contribution in [3.05, 3.63) is 0 Å². The van der Waals surface area contributed by atoms with E-state index in [1.807, 2.05) is 6.92 Å². The van der Waals surface area contributed by atoms with Crippen LogP contribution in [0.15, 0.2) is 0 Å². The molecule has 0 amide bonds. The average molecular weight is 262 g/mol. The topological polar surface area (TPSA) is 60.9 Å². The first-order valence-corrected chi connectivity index (χ1v) is 7.72. The molecular formula is C11H22N2O3S. The fraction of sp³-hybridized carbons (Fsp3) is 1.00. The van der Waals surface area contributed by atoms with Gasteiger partial charge in [-0.05, 0) is 33.1 Å². The first-order chi connectivity index (χ1) is 7.83. The fourth-order valence-electron chi connectivity index (χ4n) is 2.66. The Hall–Kier alpha value is -0.170. The highest BCUT2D eigenvalue weighted by molar-refractivity contribution is 7.86. The minimum Gasteiger partial charge on any atom is -0.389 e. The van der Waals surface area contributed by atoms with Crippen LogP contribution in [0.2, 0.25) is 0 Å². The lowest BCUT2D eigenvalue weighted by molar-refractivity contribution is 0.0753. The average Bonchev–Trinajstić information content (AvgIpc) is 2.60. The summed E-state index contributed by atoms with van der Waals surface area (Å²) in [6, 6.07) is 0.0827. The van der Waals surface area contributed by atoms with E-state index in [2.05, 4.69) is 0 Å². The van der Waals surface area contributed by atoms with Gasteiger partial charge >= 0.3 is 0 Å². The van der Waals surface area contributed by atoms with Crippen LogP contribution in [0.1, 0.15) is 39.5 Å². The van der Waals surface area contributed by atoms with Gasteiger partial charge in [0.1, 0.15) is 0 Å². The summed E-state index contributed by atoms with van der Waals surface area (Å²) in [5.74, 6) is 0. The molecule has 100 valence electrons. The third kappa shape index (κ3) is 2.65. The number of nitrogens with zero attached hydrogens (tertiary/aromatic N) is 2. The van der Waals surface area contributed by atoms with Crippen LogP contribution < -0.4 is 0 Å². The van der Waals surface area contributed by atoms with E-state index in [1.54, 1.807) is 11.2 Å². The minimum absolute atomic E-state index is 0.0827. The molecule has 0 radical (unpaired) electrons. The van der Waals surface area contributed by atoms with E-state index in [0.29, 0.717) is 19.5 Å². The van der Waals surface area contributed by atoms with Crippen molar-refractivity contribution >= 4 is 10.2 Å². The molecule has 0 aliphatic carbocycles. The van der Waals surface area contributed by atoms with Crippen LogP contribution in [0.3, 0.4) is 0 Å². The van der Waals surface area contributed by atoms with Crippen LogP contribution in [-0.2, 0) is 10.2 Å². The minimum atomic E-state index is -3.38. The van der Waals surface area contributed by atoms with Crippen molar-refractivity contribution in [1.29, 1.82) is 0 Å². The first-order valence-electron chi connectivity index (χ1n) is 6.32. The molecule has 0 bridgehead atoms.